The van der Waals surface area contributed by atoms with E-state index in [0.29, 0.717) is 17.7 Å². The maximum atomic E-state index is 6.08. The van der Waals surface area contributed by atoms with E-state index in [2.05, 4.69) is 23.8 Å². The van der Waals surface area contributed by atoms with Crippen molar-refractivity contribution in [3.63, 3.8) is 0 Å². The lowest BCUT2D eigenvalue weighted by Gasteiger charge is -2.10. The molecule has 16 heavy (non-hydrogen) atoms. The van der Waals surface area contributed by atoms with Crippen LogP contribution in [0.4, 0.5) is 0 Å². The lowest BCUT2D eigenvalue weighted by molar-refractivity contribution is 0.218. The second-order valence-corrected chi connectivity index (χ2v) is 5.24. The third-order valence-corrected chi connectivity index (χ3v) is 3.51. The highest BCUT2D eigenvalue weighted by Crippen LogP contribution is 2.26. The molecule has 1 heterocycles. The van der Waals surface area contributed by atoms with Crippen LogP contribution in [0.15, 0.2) is 5.03 Å². The van der Waals surface area contributed by atoms with E-state index in [1.54, 1.807) is 18.9 Å². The zero-order valence-corrected chi connectivity index (χ0v) is 11.7. The van der Waals surface area contributed by atoms with Gasteiger partial charge in [-0.25, -0.2) is 9.97 Å². The first-order chi connectivity index (χ1) is 7.56. The van der Waals surface area contributed by atoms with Gasteiger partial charge in [-0.3, -0.25) is 0 Å². The van der Waals surface area contributed by atoms with Crippen molar-refractivity contribution in [1.82, 2.24) is 9.97 Å². The number of nitrogens with zero attached hydrogens (tertiary/aromatic N) is 2. The van der Waals surface area contributed by atoms with E-state index in [4.69, 9.17) is 16.3 Å². The molecule has 0 N–H and O–H groups in total. The van der Waals surface area contributed by atoms with E-state index < -0.39 is 0 Å². The standard InChI is InChI=1S/C11H17ClN2OS/c1-7(2)10-13-9(12)8(3)11(14-10)16-6-5-15-4/h7H,5-6H2,1-4H3. The Morgan fingerprint density at radius 3 is 2.62 bits per heavy atom. The van der Waals surface area contributed by atoms with Crippen LogP contribution in [0.25, 0.3) is 0 Å². The van der Waals surface area contributed by atoms with Gasteiger partial charge in [0, 0.05) is 24.3 Å². The number of ether oxygens (including phenoxy) is 1. The van der Waals surface area contributed by atoms with Gasteiger partial charge in [0.1, 0.15) is 16.0 Å². The Hall–Kier alpha value is -0.320. The molecule has 0 aliphatic carbocycles. The van der Waals surface area contributed by atoms with Crippen LogP contribution in [0.3, 0.4) is 0 Å². The van der Waals surface area contributed by atoms with E-state index in [0.717, 1.165) is 22.2 Å². The predicted octanol–water partition coefficient (Wildman–Crippen LogP) is 3.30. The molecular weight excluding hydrogens is 244 g/mol. The van der Waals surface area contributed by atoms with Crippen molar-refractivity contribution >= 4 is 23.4 Å². The molecule has 1 aromatic rings. The Balaban J connectivity index is 2.88. The maximum absolute atomic E-state index is 6.08. The molecule has 0 saturated carbocycles. The molecule has 0 bridgehead atoms. The highest BCUT2D eigenvalue weighted by Gasteiger charge is 2.11. The molecule has 3 nitrogen and oxygen atoms in total. The zero-order valence-electron chi connectivity index (χ0n) is 10.1. The first-order valence-electron chi connectivity index (χ1n) is 5.22. The van der Waals surface area contributed by atoms with Gasteiger partial charge in [0.25, 0.3) is 0 Å². The molecule has 1 aromatic heterocycles. The second-order valence-electron chi connectivity index (χ2n) is 3.80. The molecule has 0 aromatic carbocycles. The minimum Gasteiger partial charge on any atom is -0.384 e. The molecule has 0 radical (unpaired) electrons. The molecular formula is C11H17ClN2OS. The van der Waals surface area contributed by atoms with Gasteiger partial charge in [-0.05, 0) is 6.92 Å². The molecule has 90 valence electrons. The second kappa shape index (κ2) is 6.42. The van der Waals surface area contributed by atoms with E-state index in [1.165, 1.54) is 0 Å². The van der Waals surface area contributed by atoms with Crippen LogP contribution in [-0.4, -0.2) is 29.4 Å². The van der Waals surface area contributed by atoms with Gasteiger partial charge in [0.2, 0.25) is 0 Å². The zero-order chi connectivity index (χ0) is 12.1. The predicted molar refractivity (Wildman–Crippen MR) is 68.5 cm³/mol. The third kappa shape index (κ3) is 3.61. The van der Waals surface area contributed by atoms with Crippen LogP contribution in [-0.2, 0) is 4.74 Å². The topological polar surface area (TPSA) is 35.0 Å². The number of rotatable bonds is 5. The average Bonchev–Trinajstić information content (AvgIpc) is 2.24. The molecule has 1 rings (SSSR count). The van der Waals surface area contributed by atoms with Gasteiger partial charge in [0.05, 0.1) is 6.61 Å². The monoisotopic (exact) mass is 260 g/mol. The maximum Gasteiger partial charge on any atom is 0.136 e. The summed E-state index contributed by atoms with van der Waals surface area (Å²) in [5.41, 5.74) is 0.951. The van der Waals surface area contributed by atoms with Crippen molar-refractivity contribution < 1.29 is 4.74 Å². The minimum atomic E-state index is 0.292. The molecule has 0 aliphatic rings. The SMILES string of the molecule is COCCSc1nc(C(C)C)nc(Cl)c1C. The summed E-state index contributed by atoms with van der Waals surface area (Å²) in [6, 6.07) is 0. The lowest BCUT2D eigenvalue weighted by Crippen LogP contribution is -2.02. The van der Waals surface area contributed by atoms with Gasteiger partial charge in [-0.2, -0.15) is 0 Å². The first-order valence-corrected chi connectivity index (χ1v) is 6.58. The summed E-state index contributed by atoms with van der Waals surface area (Å²) in [6.45, 7) is 6.78. The summed E-state index contributed by atoms with van der Waals surface area (Å²) in [4.78, 5) is 8.79. The van der Waals surface area contributed by atoms with Gasteiger partial charge < -0.3 is 4.74 Å². The fourth-order valence-electron chi connectivity index (χ4n) is 1.11. The number of methoxy groups -OCH3 is 1. The highest BCUT2D eigenvalue weighted by atomic mass is 35.5. The summed E-state index contributed by atoms with van der Waals surface area (Å²) in [5, 5.41) is 1.51. The van der Waals surface area contributed by atoms with Crippen molar-refractivity contribution in [3.8, 4) is 0 Å². The van der Waals surface area contributed by atoms with Crippen LogP contribution >= 0.6 is 23.4 Å². The van der Waals surface area contributed by atoms with Crippen molar-refractivity contribution in [3.05, 3.63) is 16.5 Å². The van der Waals surface area contributed by atoms with Crippen molar-refractivity contribution in [2.24, 2.45) is 0 Å². The summed E-state index contributed by atoms with van der Waals surface area (Å²) < 4.78 is 5.01. The van der Waals surface area contributed by atoms with E-state index in [-0.39, 0.29) is 0 Å². The number of hydrogen-bond acceptors (Lipinski definition) is 4. The first kappa shape index (κ1) is 13.7. The molecule has 0 saturated heterocycles. The summed E-state index contributed by atoms with van der Waals surface area (Å²) in [6.07, 6.45) is 0. The molecule has 0 aliphatic heterocycles. The van der Waals surface area contributed by atoms with Crippen LogP contribution in [0, 0.1) is 6.92 Å². The van der Waals surface area contributed by atoms with Crippen LogP contribution in [0.2, 0.25) is 5.15 Å². The Kier molecular flexibility index (Phi) is 5.52. The van der Waals surface area contributed by atoms with Crippen molar-refractivity contribution in [2.75, 3.05) is 19.5 Å². The quantitative estimate of drug-likeness (QED) is 0.462. The molecule has 0 unspecified atom stereocenters. The number of hydrogen-bond donors (Lipinski definition) is 0. The van der Waals surface area contributed by atoms with E-state index >= 15 is 0 Å². The summed E-state index contributed by atoms with van der Waals surface area (Å²) in [7, 11) is 1.69. The third-order valence-electron chi connectivity index (χ3n) is 2.10. The van der Waals surface area contributed by atoms with Crippen LogP contribution < -0.4 is 0 Å². The van der Waals surface area contributed by atoms with E-state index in [1.807, 2.05) is 6.92 Å². The summed E-state index contributed by atoms with van der Waals surface area (Å²) >= 11 is 7.74. The summed E-state index contributed by atoms with van der Waals surface area (Å²) in [5.74, 6) is 1.97. The van der Waals surface area contributed by atoms with Crippen molar-refractivity contribution in [1.29, 1.82) is 0 Å². The molecule has 5 heteroatoms. The van der Waals surface area contributed by atoms with Gasteiger partial charge >= 0.3 is 0 Å². The molecule has 0 amide bonds. The van der Waals surface area contributed by atoms with Crippen LogP contribution in [0.1, 0.15) is 31.2 Å². The largest absolute Gasteiger partial charge is 0.384 e. The fraction of sp³-hybridized carbons (Fsp3) is 0.636. The minimum absolute atomic E-state index is 0.292. The Labute approximate surface area is 106 Å². The fourth-order valence-corrected chi connectivity index (χ4v) is 2.25. The van der Waals surface area contributed by atoms with Gasteiger partial charge in [-0.1, -0.05) is 25.4 Å². The number of halogens is 1. The van der Waals surface area contributed by atoms with Crippen LogP contribution in [0.5, 0.6) is 0 Å². The molecule has 0 atom stereocenters. The van der Waals surface area contributed by atoms with Gasteiger partial charge in [-0.15, -0.1) is 11.8 Å². The number of thioether (sulfide) groups is 1. The normalized spacial score (nSPS) is 11.1. The van der Waals surface area contributed by atoms with Gasteiger partial charge in [0.15, 0.2) is 0 Å². The average molecular weight is 261 g/mol. The molecule has 0 spiro atoms. The lowest BCUT2D eigenvalue weighted by atomic mass is 10.2. The Bertz CT molecular complexity index is 358. The highest BCUT2D eigenvalue weighted by molar-refractivity contribution is 7.99. The molecule has 0 fully saturated rings. The Morgan fingerprint density at radius 1 is 1.38 bits per heavy atom. The number of aromatic nitrogens is 2. The smallest absolute Gasteiger partial charge is 0.136 e. The Morgan fingerprint density at radius 2 is 2.06 bits per heavy atom. The van der Waals surface area contributed by atoms with E-state index in [9.17, 15) is 0 Å². The van der Waals surface area contributed by atoms with Crippen molar-refractivity contribution in [2.45, 2.75) is 31.7 Å².